The van der Waals surface area contributed by atoms with Gasteiger partial charge in [-0.15, -0.1) is 0 Å². The highest BCUT2D eigenvalue weighted by atomic mass is 35.5. The first-order chi connectivity index (χ1) is 15.8. The van der Waals surface area contributed by atoms with E-state index >= 15 is 0 Å². The molecule has 8 nitrogen and oxygen atoms in total. The monoisotopic (exact) mass is 467 g/mol. The van der Waals surface area contributed by atoms with E-state index in [2.05, 4.69) is 5.43 Å². The summed E-state index contributed by atoms with van der Waals surface area (Å²) in [5.74, 6) is -1.86. The topological polar surface area (TPSA) is 102 Å². The Bertz CT molecular complexity index is 1280. The van der Waals surface area contributed by atoms with Crippen LogP contribution in [0, 0.1) is 15.9 Å². The molecule has 0 unspecified atom stereocenters. The van der Waals surface area contributed by atoms with Crippen molar-refractivity contribution in [1.82, 2.24) is 5.43 Å². The first-order valence-electron chi connectivity index (χ1n) is 9.61. The lowest BCUT2D eigenvalue weighted by Gasteiger charge is -2.13. The molecule has 0 spiro atoms. The van der Waals surface area contributed by atoms with Gasteiger partial charge in [0, 0.05) is 6.07 Å². The highest BCUT2D eigenvalue weighted by Gasteiger charge is 2.34. The highest BCUT2D eigenvalue weighted by Crippen LogP contribution is 2.37. The maximum absolute atomic E-state index is 13.1. The van der Waals surface area contributed by atoms with Gasteiger partial charge < -0.3 is 4.74 Å². The van der Waals surface area contributed by atoms with E-state index in [1.165, 1.54) is 36.4 Å². The average molecular weight is 468 g/mol. The molecule has 3 aromatic carbocycles. The van der Waals surface area contributed by atoms with E-state index in [0.29, 0.717) is 11.3 Å². The van der Waals surface area contributed by atoms with Crippen molar-refractivity contribution in [2.45, 2.75) is 6.61 Å². The summed E-state index contributed by atoms with van der Waals surface area (Å²) in [6.45, 7) is -0.0752. The second kappa shape index (κ2) is 9.09. The quantitative estimate of drug-likeness (QED) is 0.250. The number of nitro benzene ring substituents is 1. The van der Waals surface area contributed by atoms with Crippen molar-refractivity contribution >= 4 is 40.9 Å². The lowest BCUT2D eigenvalue weighted by Crippen LogP contribution is -2.35. The number of nitrogens with zero attached hydrogens (tertiary/aromatic N) is 2. The molecular formula is C23H15ClFN3O5. The first-order valence-corrected chi connectivity index (χ1v) is 9.98. The summed E-state index contributed by atoms with van der Waals surface area (Å²) in [6, 6.07) is 16.5. The molecule has 1 N–H and O–H groups in total. The fourth-order valence-corrected chi connectivity index (χ4v) is 3.46. The number of amides is 2. The molecule has 0 radical (unpaired) electrons. The highest BCUT2D eigenvalue weighted by molar-refractivity contribution is 6.33. The molecule has 1 aliphatic rings. The zero-order valence-electron chi connectivity index (χ0n) is 16.8. The third kappa shape index (κ3) is 4.68. The fraction of sp³-hybridized carbons (Fsp3) is 0.0435. The van der Waals surface area contributed by atoms with Gasteiger partial charge in [-0.3, -0.25) is 25.1 Å². The van der Waals surface area contributed by atoms with E-state index in [0.717, 1.165) is 11.1 Å². The van der Waals surface area contributed by atoms with Gasteiger partial charge in [0.2, 0.25) is 5.75 Å². The van der Waals surface area contributed by atoms with E-state index in [9.17, 15) is 24.1 Å². The summed E-state index contributed by atoms with van der Waals surface area (Å²) in [4.78, 5) is 36.0. The fourth-order valence-electron chi connectivity index (χ4n) is 3.18. The second-order valence-electron chi connectivity index (χ2n) is 7.00. The third-order valence-corrected chi connectivity index (χ3v) is 5.04. The van der Waals surface area contributed by atoms with Crippen LogP contribution >= 0.6 is 11.6 Å². The van der Waals surface area contributed by atoms with Crippen molar-refractivity contribution < 1.29 is 23.6 Å². The lowest BCUT2D eigenvalue weighted by atomic mass is 10.1. The largest absolute Gasteiger partial charge is 0.481 e. The summed E-state index contributed by atoms with van der Waals surface area (Å²) in [5, 5.41) is 12.6. The van der Waals surface area contributed by atoms with E-state index < -0.39 is 28.2 Å². The molecule has 166 valence electrons. The van der Waals surface area contributed by atoms with Crippen molar-refractivity contribution in [3.05, 3.63) is 104 Å². The van der Waals surface area contributed by atoms with Crippen LogP contribution in [0.1, 0.15) is 11.1 Å². The van der Waals surface area contributed by atoms with Gasteiger partial charge in [-0.05, 0) is 47.5 Å². The van der Waals surface area contributed by atoms with Crippen molar-refractivity contribution in [3.8, 4) is 5.75 Å². The van der Waals surface area contributed by atoms with Gasteiger partial charge in [-0.2, -0.15) is 0 Å². The van der Waals surface area contributed by atoms with E-state index in [1.807, 2.05) is 0 Å². The van der Waals surface area contributed by atoms with Gasteiger partial charge in [0.1, 0.15) is 18.0 Å². The Morgan fingerprint density at radius 3 is 2.45 bits per heavy atom. The number of hydrazine groups is 1. The number of carbonyl (C=O) groups is 2. The van der Waals surface area contributed by atoms with Gasteiger partial charge in [0.25, 0.3) is 11.8 Å². The van der Waals surface area contributed by atoms with Crippen molar-refractivity contribution in [1.29, 1.82) is 0 Å². The predicted molar refractivity (Wildman–Crippen MR) is 119 cm³/mol. The summed E-state index contributed by atoms with van der Waals surface area (Å²) >= 11 is 6.24. The Morgan fingerprint density at radius 1 is 1.09 bits per heavy atom. The Morgan fingerprint density at radius 2 is 1.79 bits per heavy atom. The van der Waals surface area contributed by atoms with Gasteiger partial charge in [-0.1, -0.05) is 41.9 Å². The number of nitrogens with one attached hydrogen (secondary N) is 1. The minimum absolute atomic E-state index is 0.0752. The minimum Gasteiger partial charge on any atom is -0.481 e. The smallest absolute Gasteiger partial charge is 0.313 e. The van der Waals surface area contributed by atoms with Crippen LogP contribution < -0.4 is 15.2 Å². The molecule has 4 rings (SSSR count). The van der Waals surface area contributed by atoms with E-state index in [4.69, 9.17) is 16.3 Å². The molecule has 1 aliphatic heterocycles. The number of anilines is 1. The molecule has 33 heavy (non-hydrogen) atoms. The van der Waals surface area contributed by atoms with Crippen LogP contribution in [0.4, 0.5) is 15.8 Å². The van der Waals surface area contributed by atoms with Gasteiger partial charge >= 0.3 is 5.69 Å². The van der Waals surface area contributed by atoms with Crippen LogP contribution in [0.3, 0.4) is 0 Å². The Kier molecular flexibility index (Phi) is 6.05. The normalized spacial score (nSPS) is 14.5. The minimum atomic E-state index is -0.680. The zero-order valence-corrected chi connectivity index (χ0v) is 17.6. The van der Waals surface area contributed by atoms with Crippen LogP contribution in [-0.2, 0) is 16.2 Å². The van der Waals surface area contributed by atoms with Crippen LogP contribution in [0.5, 0.6) is 5.75 Å². The molecule has 3 aromatic rings. The van der Waals surface area contributed by atoms with Crippen LogP contribution in [0.25, 0.3) is 6.08 Å². The zero-order chi connectivity index (χ0) is 23.5. The standard InChI is InChI=1S/C23H15ClFN3O5/c24-19-11-15(10-18-22(29)26-27(23(18)30)17-4-2-1-3-5-17)12-20(28(31)32)21(19)33-13-14-6-8-16(25)9-7-14/h1-12H,13H2,(H,26,29)/b18-10-. The molecule has 1 fully saturated rings. The average Bonchev–Trinajstić information content (AvgIpc) is 3.08. The number of para-hydroxylation sites is 1. The van der Waals surface area contributed by atoms with Gasteiger partial charge in [0.05, 0.1) is 15.6 Å². The molecule has 0 atom stereocenters. The van der Waals surface area contributed by atoms with Crippen LogP contribution in [0.2, 0.25) is 5.02 Å². The second-order valence-corrected chi connectivity index (χ2v) is 7.41. The SMILES string of the molecule is O=C1NN(c2ccccc2)C(=O)/C1=C\c1cc(Cl)c(OCc2ccc(F)cc2)c([N+](=O)[O-])c1. The Labute approximate surface area is 192 Å². The van der Waals surface area contributed by atoms with Crippen molar-refractivity contribution in [2.24, 2.45) is 0 Å². The Balaban J connectivity index is 1.63. The molecule has 0 saturated carbocycles. The molecule has 1 saturated heterocycles. The molecule has 0 aliphatic carbocycles. The summed E-state index contributed by atoms with van der Waals surface area (Å²) in [6.07, 6.45) is 1.23. The predicted octanol–water partition coefficient (Wildman–Crippen LogP) is 4.43. The molecule has 10 heteroatoms. The van der Waals surface area contributed by atoms with Crippen LogP contribution in [-0.4, -0.2) is 16.7 Å². The number of hydrogen-bond donors (Lipinski definition) is 1. The number of halogens is 2. The summed E-state index contributed by atoms with van der Waals surface area (Å²) in [5.41, 5.74) is 3.03. The number of nitro groups is 1. The van der Waals surface area contributed by atoms with Crippen molar-refractivity contribution in [2.75, 3.05) is 5.01 Å². The van der Waals surface area contributed by atoms with Gasteiger partial charge in [-0.25, -0.2) is 9.40 Å². The number of ether oxygens (including phenoxy) is 1. The molecular weight excluding hydrogens is 453 g/mol. The van der Waals surface area contributed by atoms with E-state index in [1.54, 1.807) is 30.3 Å². The summed E-state index contributed by atoms with van der Waals surface area (Å²) in [7, 11) is 0. The Hall–Kier alpha value is -4.24. The van der Waals surface area contributed by atoms with E-state index in [-0.39, 0.29) is 28.5 Å². The molecule has 0 aromatic heterocycles. The maximum Gasteiger partial charge on any atom is 0.313 e. The van der Waals surface area contributed by atoms with Gasteiger partial charge in [0.15, 0.2) is 0 Å². The molecule has 1 heterocycles. The number of hydrogen-bond acceptors (Lipinski definition) is 5. The van der Waals surface area contributed by atoms with Crippen molar-refractivity contribution in [3.63, 3.8) is 0 Å². The molecule has 0 bridgehead atoms. The molecule has 2 amide bonds. The van der Waals surface area contributed by atoms with Crippen LogP contribution in [0.15, 0.2) is 72.3 Å². The number of benzene rings is 3. The first kappa shape index (κ1) is 22.0. The number of carbonyl (C=O) groups excluding carboxylic acids is 2. The lowest BCUT2D eigenvalue weighted by molar-refractivity contribution is -0.385. The summed E-state index contributed by atoms with van der Waals surface area (Å²) < 4.78 is 18.6. The maximum atomic E-state index is 13.1. The number of rotatable bonds is 6. The third-order valence-electron chi connectivity index (χ3n) is 4.76.